The van der Waals surface area contributed by atoms with E-state index in [1.54, 1.807) is 24.0 Å². The van der Waals surface area contributed by atoms with Crippen molar-refractivity contribution >= 4 is 18.0 Å². The fourth-order valence-electron chi connectivity index (χ4n) is 3.55. The number of nitrogens with zero attached hydrogens (tertiary/aromatic N) is 4. The van der Waals surface area contributed by atoms with E-state index in [1.165, 1.54) is 25.7 Å². The number of ether oxygens (including phenoxy) is 1. The van der Waals surface area contributed by atoms with Crippen LogP contribution in [0, 0.1) is 0 Å². The second-order valence-electron chi connectivity index (χ2n) is 6.68. The predicted molar refractivity (Wildman–Crippen MR) is 109 cm³/mol. The molecule has 0 amide bonds. The first-order chi connectivity index (χ1) is 13.2. The van der Waals surface area contributed by atoms with Gasteiger partial charge in [0.25, 0.3) is 0 Å². The summed E-state index contributed by atoms with van der Waals surface area (Å²) in [6.45, 7) is 3.10. The van der Waals surface area contributed by atoms with Gasteiger partial charge in [-0.2, -0.15) is 0 Å². The van der Waals surface area contributed by atoms with Crippen LogP contribution < -0.4 is 4.74 Å². The van der Waals surface area contributed by atoms with Crippen LogP contribution in [0.5, 0.6) is 11.5 Å². The Hall–Kier alpha value is -2.02. The Morgan fingerprint density at radius 1 is 1.33 bits per heavy atom. The molecule has 1 saturated carbocycles. The lowest BCUT2D eigenvalue weighted by molar-refractivity contribution is 0.318. The summed E-state index contributed by atoms with van der Waals surface area (Å²) in [5, 5.41) is 20.0. The van der Waals surface area contributed by atoms with Crippen LogP contribution in [0.3, 0.4) is 0 Å². The SMILES string of the molecule is CCOc1cccc(C=NCCCc2nnc(SC)n2C2CCCC2)c1O. The number of thioether (sulfide) groups is 1. The van der Waals surface area contributed by atoms with E-state index in [4.69, 9.17) is 4.74 Å². The van der Waals surface area contributed by atoms with Crippen LogP contribution in [0.25, 0.3) is 0 Å². The minimum atomic E-state index is 0.147. The molecule has 0 aliphatic heterocycles. The summed E-state index contributed by atoms with van der Waals surface area (Å²) in [5.74, 6) is 1.71. The highest BCUT2D eigenvalue weighted by Gasteiger charge is 2.23. The van der Waals surface area contributed by atoms with Crippen LogP contribution in [0.15, 0.2) is 28.3 Å². The molecule has 27 heavy (non-hydrogen) atoms. The molecule has 1 aliphatic rings. The first-order valence-electron chi connectivity index (χ1n) is 9.67. The second kappa shape index (κ2) is 9.78. The molecule has 1 N–H and O–H groups in total. The standard InChI is InChI=1S/C20H28N4O2S/c1-3-26-17-11-6-8-15(19(17)25)14-21-13-7-12-18-22-23-20(27-2)24(18)16-9-4-5-10-16/h6,8,11,14,16,25H,3-5,7,9-10,12-13H2,1-2H3. The summed E-state index contributed by atoms with van der Waals surface area (Å²) in [7, 11) is 0. The van der Waals surface area contributed by atoms with Gasteiger partial charge in [-0.15, -0.1) is 10.2 Å². The number of hydrogen-bond acceptors (Lipinski definition) is 6. The Morgan fingerprint density at radius 2 is 2.15 bits per heavy atom. The topological polar surface area (TPSA) is 72.5 Å². The molecular formula is C20H28N4O2S. The van der Waals surface area contributed by atoms with Gasteiger partial charge >= 0.3 is 0 Å². The van der Waals surface area contributed by atoms with Crippen molar-refractivity contribution in [2.24, 2.45) is 4.99 Å². The zero-order chi connectivity index (χ0) is 19.1. The normalized spacial score (nSPS) is 15.0. The van der Waals surface area contributed by atoms with E-state index >= 15 is 0 Å². The molecule has 0 radical (unpaired) electrons. The summed E-state index contributed by atoms with van der Waals surface area (Å²) in [4.78, 5) is 4.47. The zero-order valence-electron chi connectivity index (χ0n) is 16.1. The third-order valence-electron chi connectivity index (χ3n) is 4.86. The van der Waals surface area contributed by atoms with Crippen molar-refractivity contribution in [2.75, 3.05) is 19.4 Å². The maximum absolute atomic E-state index is 10.2. The molecule has 1 fully saturated rings. The van der Waals surface area contributed by atoms with Gasteiger partial charge in [-0.3, -0.25) is 4.99 Å². The lowest BCUT2D eigenvalue weighted by Gasteiger charge is -2.16. The highest BCUT2D eigenvalue weighted by Crippen LogP contribution is 2.33. The van der Waals surface area contributed by atoms with Crippen molar-refractivity contribution in [2.45, 2.75) is 56.6 Å². The Kier molecular flexibility index (Phi) is 7.15. The van der Waals surface area contributed by atoms with Crippen molar-refractivity contribution in [1.82, 2.24) is 14.8 Å². The van der Waals surface area contributed by atoms with Gasteiger partial charge in [0.05, 0.1) is 6.61 Å². The van der Waals surface area contributed by atoms with Gasteiger partial charge in [-0.25, -0.2) is 0 Å². The number of aromatic hydroxyl groups is 1. The van der Waals surface area contributed by atoms with Crippen LogP contribution in [0.4, 0.5) is 0 Å². The molecule has 2 aromatic rings. The molecule has 0 atom stereocenters. The number of aromatic nitrogens is 3. The Bertz CT molecular complexity index is 769. The van der Waals surface area contributed by atoms with Crippen molar-refractivity contribution in [1.29, 1.82) is 0 Å². The molecular weight excluding hydrogens is 360 g/mol. The number of rotatable bonds is 9. The quantitative estimate of drug-likeness (QED) is 0.394. The molecule has 1 aromatic heterocycles. The minimum absolute atomic E-state index is 0.147. The smallest absolute Gasteiger partial charge is 0.191 e. The number of aliphatic imine (C=N–C) groups is 1. The molecule has 0 spiro atoms. The molecule has 0 bridgehead atoms. The summed E-state index contributed by atoms with van der Waals surface area (Å²) in [5.41, 5.74) is 0.680. The van der Waals surface area contributed by atoms with Crippen LogP contribution in [0.1, 0.15) is 56.5 Å². The maximum Gasteiger partial charge on any atom is 0.191 e. The van der Waals surface area contributed by atoms with Crippen molar-refractivity contribution in [3.8, 4) is 11.5 Å². The van der Waals surface area contributed by atoms with E-state index < -0.39 is 0 Å². The van der Waals surface area contributed by atoms with E-state index in [0.717, 1.165) is 23.8 Å². The lowest BCUT2D eigenvalue weighted by Crippen LogP contribution is -2.11. The molecule has 1 aromatic carbocycles. The molecule has 1 heterocycles. The van der Waals surface area contributed by atoms with Gasteiger partial charge in [-0.05, 0) is 44.6 Å². The molecule has 6 nitrogen and oxygen atoms in total. The maximum atomic E-state index is 10.2. The van der Waals surface area contributed by atoms with Crippen molar-refractivity contribution in [3.05, 3.63) is 29.6 Å². The summed E-state index contributed by atoms with van der Waals surface area (Å²) >= 11 is 1.67. The largest absolute Gasteiger partial charge is 0.504 e. The highest BCUT2D eigenvalue weighted by molar-refractivity contribution is 7.98. The van der Waals surface area contributed by atoms with Gasteiger partial charge in [0, 0.05) is 30.8 Å². The van der Waals surface area contributed by atoms with Gasteiger partial charge in [0.2, 0.25) is 0 Å². The predicted octanol–water partition coefficient (Wildman–Crippen LogP) is 4.27. The number of phenols is 1. The van der Waals surface area contributed by atoms with E-state index in [1.807, 2.05) is 19.1 Å². The lowest BCUT2D eigenvalue weighted by atomic mass is 10.2. The van der Waals surface area contributed by atoms with E-state index in [2.05, 4.69) is 26.0 Å². The van der Waals surface area contributed by atoms with Gasteiger partial charge in [0.1, 0.15) is 5.82 Å². The van der Waals surface area contributed by atoms with Crippen LogP contribution >= 0.6 is 11.8 Å². The summed E-state index contributed by atoms with van der Waals surface area (Å²) in [6, 6.07) is 6.01. The third-order valence-corrected chi connectivity index (χ3v) is 5.50. The Balaban J connectivity index is 1.57. The molecule has 1 aliphatic carbocycles. The van der Waals surface area contributed by atoms with Gasteiger partial charge < -0.3 is 14.4 Å². The average molecular weight is 389 g/mol. The number of para-hydroxylation sites is 1. The minimum Gasteiger partial charge on any atom is -0.504 e. The van der Waals surface area contributed by atoms with Gasteiger partial charge in [0.15, 0.2) is 16.7 Å². The van der Waals surface area contributed by atoms with Gasteiger partial charge in [-0.1, -0.05) is 30.7 Å². The number of aryl methyl sites for hydroxylation is 1. The molecule has 146 valence electrons. The number of phenolic OH excluding ortho intramolecular Hbond substituents is 1. The van der Waals surface area contributed by atoms with Crippen LogP contribution in [0.2, 0.25) is 0 Å². The monoisotopic (exact) mass is 388 g/mol. The molecule has 0 unspecified atom stereocenters. The summed E-state index contributed by atoms with van der Waals surface area (Å²) in [6.07, 6.45) is 10.6. The van der Waals surface area contributed by atoms with Crippen LogP contribution in [-0.4, -0.2) is 45.5 Å². The second-order valence-corrected chi connectivity index (χ2v) is 7.45. The highest BCUT2D eigenvalue weighted by atomic mass is 32.2. The van der Waals surface area contributed by atoms with E-state index in [9.17, 15) is 5.11 Å². The van der Waals surface area contributed by atoms with E-state index in [0.29, 0.717) is 30.5 Å². The Morgan fingerprint density at radius 3 is 2.89 bits per heavy atom. The first-order valence-corrected chi connectivity index (χ1v) is 10.9. The third kappa shape index (κ3) is 4.83. The first kappa shape index (κ1) is 19.7. The van der Waals surface area contributed by atoms with Crippen molar-refractivity contribution < 1.29 is 9.84 Å². The summed E-state index contributed by atoms with van der Waals surface area (Å²) < 4.78 is 7.75. The van der Waals surface area contributed by atoms with Crippen molar-refractivity contribution in [3.63, 3.8) is 0 Å². The molecule has 3 rings (SSSR count). The zero-order valence-corrected chi connectivity index (χ0v) is 16.9. The van der Waals surface area contributed by atoms with E-state index in [-0.39, 0.29) is 5.75 Å². The van der Waals surface area contributed by atoms with Crippen LogP contribution in [-0.2, 0) is 6.42 Å². The molecule has 0 saturated heterocycles. The fourth-order valence-corrected chi connectivity index (χ4v) is 4.13. The number of hydrogen-bond donors (Lipinski definition) is 1. The fraction of sp³-hybridized carbons (Fsp3) is 0.550. The molecule has 7 heteroatoms. The number of benzene rings is 1. The average Bonchev–Trinajstić information content (AvgIpc) is 3.33. The Labute approximate surface area is 165 Å².